The molecule has 0 aliphatic rings. The number of carbonyl (C=O) groups excluding carboxylic acids is 1. The number of carbonyl (C=O) groups is 1. The van der Waals surface area contributed by atoms with Crippen LogP contribution in [0.3, 0.4) is 0 Å². The molecule has 0 aliphatic heterocycles. The lowest BCUT2D eigenvalue weighted by Gasteiger charge is -2.07. The molecule has 0 unspecified atom stereocenters. The van der Waals surface area contributed by atoms with E-state index >= 15 is 0 Å². The summed E-state index contributed by atoms with van der Waals surface area (Å²) in [6.07, 6.45) is 4.96. The maximum Gasteiger partial charge on any atom is 0.224 e. The lowest BCUT2D eigenvalue weighted by Crippen LogP contribution is -2.11. The fraction of sp³-hybridized carbons (Fsp3) is 0.562. The molecular formula is C16H25NO. The van der Waals surface area contributed by atoms with Gasteiger partial charge >= 0.3 is 0 Å². The number of amides is 1. The van der Waals surface area contributed by atoms with Gasteiger partial charge in [-0.25, -0.2) is 0 Å². The second-order valence-electron chi connectivity index (χ2n) is 5.24. The van der Waals surface area contributed by atoms with Crippen LogP contribution in [0.5, 0.6) is 0 Å². The van der Waals surface area contributed by atoms with Gasteiger partial charge in [0.1, 0.15) is 0 Å². The van der Waals surface area contributed by atoms with Crippen molar-refractivity contribution in [1.82, 2.24) is 0 Å². The molecule has 0 heterocycles. The number of unbranched alkanes of at least 4 members (excludes halogenated alkanes) is 1. The fourth-order valence-electron chi connectivity index (χ4n) is 1.93. The largest absolute Gasteiger partial charge is 0.326 e. The molecule has 0 aromatic heterocycles. The van der Waals surface area contributed by atoms with E-state index in [2.05, 4.69) is 32.2 Å². The van der Waals surface area contributed by atoms with E-state index in [0.29, 0.717) is 6.42 Å². The SMILES string of the molecule is CCc1cccc(NC(=O)CCCCC(C)C)c1. The molecule has 2 heteroatoms. The second kappa shape index (κ2) is 7.91. The van der Waals surface area contributed by atoms with Gasteiger partial charge in [-0.3, -0.25) is 4.79 Å². The maximum absolute atomic E-state index is 11.7. The van der Waals surface area contributed by atoms with Gasteiger partial charge in [0, 0.05) is 12.1 Å². The predicted molar refractivity (Wildman–Crippen MR) is 77.8 cm³/mol. The van der Waals surface area contributed by atoms with E-state index in [1.165, 1.54) is 12.0 Å². The van der Waals surface area contributed by atoms with E-state index < -0.39 is 0 Å². The molecule has 0 spiro atoms. The van der Waals surface area contributed by atoms with Crippen LogP contribution < -0.4 is 5.32 Å². The van der Waals surface area contributed by atoms with E-state index in [-0.39, 0.29) is 5.91 Å². The quantitative estimate of drug-likeness (QED) is 0.711. The zero-order chi connectivity index (χ0) is 13.4. The minimum atomic E-state index is 0.131. The first-order chi connectivity index (χ1) is 8.61. The first kappa shape index (κ1) is 14.7. The van der Waals surface area contributed by atoms with Crippen molar-refractivity contribution in [3.63, 3.8) is 0 Å². The summed E-state index contributed by atoms with van der Waals surface area (Å²) < 4.78 is 0. The van der Waals surface area contributed by atoms with Gasteiger partial charge in [0.05, 0.1) is 0 Å². The number of anilines is 1. The molecule has 0 saturated carbocycles. The second-order valence-corrected chi connectivity index (χ2v) is 5.24. The van der Waals surface area contributed by atoms with Gasteiger partial charge in [0.25, 0.3) is 0 Å². The van der Waals surface area contributed by atoms with Gasteiger partial charge in [0.2, 0.25) is 5.91 Å². The smallest absolute Gasteiger partial charge is 0.224 e. The van der Waals surface area contributed by atoms with Crippen molar-refractivity contribution in [3.05, 3.63) is 29.8 Å². The molecule has 0 radical (unpaired) electrons. The Balaban J connectivity index is 2.30. The van der Waals surface area contributed by atoms with Crippen molar-refractivity contribution in [2.75, 3.05) is 5.32 Å². The van der Waals surface area contributed by atoms with Crippen LogP contribution in [-0.4, -0.2) is 5.91 Å². The molecule has 1 aromatic carbocycles. The van der Waals surface area contributed by atoms with Crippen molar-refractivity contribution in [1.29, 1.82) is 0 Å². The Hall–Kier alpha value is -1.31. The Morgan fingerprint density at radius 2 is 2.06 bits per heavy atom. The van der Waals surface area contributed by atoms with Gasteiger partial charge in [-0.05, 0) is 36.5 Å². The van der Waals surface area contributed by atoms with E-state index in [1.54, 1.807) is 0 Å². The highest BCUT2D eigenvalue weighted by molar-refractivity contribution is 5.90. The lowest BCUT2D eigenvalue weighted by atomic mass is 10.1. The van der Waals surface area contributed by atoms with Gasteiger partial charge in [-0.2, -0.15) is 0 Å². The van der Waals surface area contributed by atoms with Crippen molar-refractivity contribution in [2.24, 2.45) is 5.92 Å². The number of benzene rings is 1. The van der Waals surface area contributed by atoms with Crippen molar-refractivity contribution < 1.29 is 4.79 Å². The van der Waals surface area contributed by atoms with Crippen LogP contribution >= 0.6 is 0 Å². The van der Waals surface area contributed by atoms with Crippen LogP contribution in [0.15, 0.2) is 24.3 Å². The molecule has 1 rings (SSSR count). The Bertz CT molecular complexity index is 371. The Kier molecular flexibility index (Phi) is 6.48. The van der Waals surface area contributed by atoms with E-state index in [9.17, 15) is 4.79 Å². The highest BCUT2D eigenvalue weighted by Crippen LogP contribution is 2.13. The van der Waals surface area contributed by atoms with Crippen LogP contribution in [0, 0.1) is 5.92 Å². The summed E-state index contributed by atoms with van der Waals surface area (Å²) in [6.45, 7) is 6.56. The third-order valence-electron chi connectivity index (χ3n) is 3.05. The molecule has 0 fully saturated rings. The maximum atomic E-state index is 11.7. The molecular weight excluding hydrogens is 222 g/mol. The Labute approximate surface area is 111 Å². The molecule has 0 aliphatic carbocycles. The molecule has 1 amide bonds. The summed E-state index contributed by atoms with van der Waals surface area (Å²) in [5.41, 5.74) is 2.18. The van der Waals surface area contributed by atoms with Gasteiger partial charge in [-0.1, -0.05) is 45.7 Å². The van der Waals surface area contributed by atoms with Crippen LogP contribution in [-0.2, 0) is 11.2 Å². The van der Waals surface area contributed by atoms with Crippen LogP contribution in [0.2, 0.25) is 0 Å². The number of aryl methyl sites for hydroxylation is 1. The van der Waals surface area contributed by atoms with Crippen molar-refractivity contribution >= 4 is 11.6 Å². The van der Waals surface area contributed by atoms with Gasteiger partial charge < -0.3 is 5.32 Å². The molecule has 1 aromatic rings. The van der Waals surface area contributed by atoms with Gasteiger partial charge in [0.15, 0.2) is 0 Å². The van der Waals surface area contributed by atoms with Crippen LogP contribution in [0.1, 0.15) is 52.0 Å². The average Bonchev–Trinajstić information content (AvgIpc) is 2.34. The summed E-state index contributed by atoms with van der Waals surface area (Å²) in [5.74, 6) is 0.862. The lowest BCUT2D eigenvalue weighted by molar-refractivity contribution is -0.116. The predicted octanol–water partition coefficient (Wildman–Crippen LogP) is 4.40. The molecule has 0 bridgehead atoms. The topological polar surface area (TPSA) is 29.1 Å². The Morgan fingerprint density at radius 3 is 2.72 bits per heavy atom. The summed E-state index contributed by atoms with van der Waals surface area (Å²) in [5, 5.41) is 2.97. The van der Waals surface area contributed by atoms with Crippen LogP contribution in [0.25, 0.3) is 0 Å². The van der Waals surface area contributed by atoms with Crippen molar-refractivity contribution in [3.8, 4) is 0 Å². The first-order valence-electron chi connectivity index (χ1n) is 7.00. The monoisotopic (exact) mass is 247 g/mol. The summed E-state index contributed by atoms with van der Waals surface area (Å²) in [7, 11) is 0. The fourth-order valence-corrected chi connectivity index (χ4v) is 1.93. The number of hydrogen-bond donors (Lipinski definition) is 1. The average molecular weight is 247 g/mol. The summed E-state index contributed by atoms with van der Waals surface area (Å²) in [4.78, 5) is 11.7. The number of hydrogen-bond acceptors (Lipinski definition) is 1. The van der Waals surface area contributed by atoms with Crippen molar-refractivity contribution in [2.45, 2.75) is 52.9 Å². The Morgan fingerprint density at radius 1 is 1.28 bits per heavy atom. The van der Waals surface area contributed by atoms with E-state index in [0.717, 1.165) is 30.9 Å². The molecule has 1 N–H and O–H groups in total. The third-order valence-corrected chi connectivity index (χ3v) is 3.05. The summed E-state index contributed by atoms with van der Waals surface area (Å²) >= 11 is 0. The zero-order valence-electron chi connectivity index (χ0n) is 11.8. The molecule has 18 heavy (non-hydrogen) atoms. The van der Waals surface area contributed by atoms with Crippen LogP contribution in [0.4, 0.5) is 5.69 Å². The third kappa shape index (κ3) is 5.85. The molecule has 0 atom stereocenters. The normalized spacial score (nSPS) is 10.7. The number of nitrogens with one attached hydrogen (secondary N) is 1. The minimum absolute atomic E-state index is 0.131. The summed E-state index contributed by atoms with van der Waals surface area (Å²) in [6, 6.07) is 8.07. The molecule has 0 saturated heterocycles. The first-order valence-corrected chi connectivity index (χ1v) is 7.00. The van der Waals surface area contributed by atoms with E-state index in [1.807, 2.05) is 18.2 Å². The van der Waals surface area contributed by atoms with E-state index in [4.69, 9.17) is 0 Å². The zero-order valence-corrected chi connectivity index (χ0v) is 11.8. The molecule has 100 valence electrons. The number of rotatable bonds is 7. The molecule has 2 nitrogen and oxygen atoms in total. The minimum Gasteiger partial charge on any atom is -0.326 e. The standard InChI is InChI=1S/C16H25NO/c1-4-14-9-7-10-15(12-14)17-16(18)11-6-5-8-13(2)3/h7,9-10,12-13H,4-6,8,11H2,1-3H3,(H,17,18). The highest BCUT2D eigenvalue weighted by Gasteiger charge is 2.03. The van der Waals surface area contributed by atoms with Gasteiger partial charge in [-0.15, -0.1) is 0 Å². The highest BCUT2D eigenvalue weighted by atomic mass is 16.1.